The first kappa shape index (κ1) is 19.8. The zero-order chi connectivity index (χ0) is 19.8. The van der Waals surface area contributed by atoms with Crippen LogP contribution in [0.25, 0.3) is 0 Å². The molecule has 1 aromatic rings. The summed E-state index contributed by atoms with van der Waals surface area (Å²) in [7, 11) is 0. The van der Waals surface area contributed by atoms with E-state index in [2.05, 4.69) is 49.3 Å². The predicted octanol–water partition coefficient (Wildman–Crippen LogP) is 1.04. The summed E-state index contributed by atoms with van der Waals surface area (Å²) in [6, 6.07) is 2.33. The molecule has 1 aromatic carbocycles. The first-order valence-electron chi connectivity index (χ1n) is 9.85. The van der Waals surface area contributed by atoms with Crippen LogP contribution >= 0.6 is 0 Å². The maximum atomic E-state index is 12.3. The lowest BCUT2D eigenvalue weighted by atomic mass is 9.79. The van der Waals surface area contributed by atoms with Gasteiger partial charge in [0, 0.05) is 56.3 Å². The van der Waals surface area contributed by atoms with E-state index in [0.717, 1.165) is 32.5 Å². The van der Waals surface area contributed by atoms with Gasteiger partial charge in [0.05, 0.1) is 6.07 Å². The van der Waals surface area contributed by atoms with Gasteiger partial charge in [-0.3, -0.25) is 14.5 Å². The lowest BCUT2D eigenvalue weighted by Gasteiger charge is -2.47. The number of hydrogen-bond acceptors (Lipinski definition) is 7. The Kier molecular flexibility index (Phi) is 5.33. The minimum atomic E-state index is -0.383. The quantitative estimate of drug-likeness (QED) is 0.746. The molecular weight excluding hydrogens is 342 g/mol. The SMILES string of the molecule is CC1(C)CC(Nc2c(N3CCN(CCC#N)CC3)c(=O)c2=O)CC(C)(C)N1. The van der Waals surface area contributed by atoms with Crippen molar-refractivity contribution in [1.82, 2.24) is 10.2 Å². The van der Waals surface area contributed by atoms with Crippen LogP contribution in [0.2, 0.25) is 0 Å². The van der Waals surface area contributed by atoms with Crippen LogP contribution in [0.1, 0.15) is 47.0 Å². The van der Waals surface area contributed by atoms with Crippen molar-refractivity contribution >= 4 is 11.4 Å². The van der Waals surface area contributed by atoms with E-state index in [1.54, 1.807) is 0 Å². The molecule has 2 heterocycles. The van der Waals surface area contributed by atoms with Gasteiger partial charge in [0.15, 0.2) is 0 Å². The zero-order valence-corrected chi connectivity index (χ0v) is 16.9. The molecule has 2 aliphatic rings. The van der Waals surface area contributed by atoms with E-state index in [9.17, 15) is 9.59 Å². The van der Waals surface area contributed by atoms with Crippen LogP contribution in [0, 0.1) is 11.3 Å². The molecule has 7 nitrogen and oxygen atoms in total. The first-order chi connectivity index (χ1) is 12.6. The number of piperidine rings is 1. The Morgan fingerprint density at radius 3 is 2.22 bits per heavy atom. The van der Waals surface area contributed by atoms with Gasteiger partial charge in [-0.1, -0.05) is 0 Å². The minimum Gasteiger partial charge on any atom is -0.377 e. The lowest BCUT2D eigenvalue weighted by Crippen LogP contribution is -2.61. The second-order valence-corrected chi connectivity index (χ2v) is 9.26. The van der Waals surface area contributed by atoms with Crippen LogP contribution in [0.5, 0.6) is 0 Å². The molecule has 7 heteroatoms. The largest absolute Gasteiger partial charge is 0.377 e. The second-order valence-electron chi connectivity index (χ2n) is 9.26. The van der Waals surface area contributed by atoms with Crippen LogP contribution in [0.15, 0.2) is 9.59 Å². The molecule has 3 rings (SSSR count). The van der Waals surface area contributed by atoms with Gasteiger partial charge < -0.3 is 15.5 Å². The van der Waals surface area contributed by atoms with E-state index in [1.165, 1.54) is 0 Å². The Morgan fingerprint density at radius 2 is 1.67 bits per heavy atom. The first-order valence-corrected chi connectivity index (χ1v) is 9.85. The van der Waals surface area contributed by atoms with Crippen molar-refractivity contribution in [2.75, 3.05) is 42.9 Å². The van der Waals surface area contributed by atoms with Crippen molar-refractivity contribution in [1.29, 1.82) is 5.26 Å². The van der Waals surface area contributed by atoms with Crippen molar-refractivity contribution in [3.8, 4) is 6.07 Å². The highest BCUT2D eigenvalue weighted by molar-refractivity contribution is 5.75. The van der Waals surface area contributed by atoms with Crippen molar-refractivity contribution in [3.05, 3.63) is 20.4 Å². The van der Waals surface area contributed by atoms with Gasteiger partial charge in [-0.25, -0.2) is 0 Å². The van der Waals surface area contributed by atoms with E-state index in [0.29, 0.717) is 30.9 Å². The van der Waals surface area contributed by atoms with Gasteiger partial charge in [-0.2, -0.15) is 5.26 Å². The maximum absolute atomic E-state index is 12.3. The summed E-state index contributed by atoms with van der Waals surface area (Å²) in [6.45, 7) is 12.5. The van der Waals surface area contributed by atoms with Crippen LogP contribution < -0.4 is 26.4 Å². The molecule has 0 bridgehead atoms. The van der Waals surface area contributed by atoms with Crippen molar-refractivity contribution in [2.45, 2.75) is 64.1 Å². The Morgan fingerprint density at radius 1 is 1.07 bits per heavy atom. The number of nitrogens with zero attached hydrogens (tertiary/aromatic N) is 3. The normalized spacial score (nSPS) is 23.3. The third kappa shape index (κ3) is 4.33. The standard InChI is InChI=1S/C20H31N5O2/c1-19(2)12-14(13-20(3,4)23-19)22-15-16(18(27)17(15)26)25-10-8-24(9-11-25)7-5-6-21/h14,22-23H,5,7-13H2,1-4H3. The topological polar surface area (TPSA) is 88.5 Å². The molecule has 2 aliphatic heterocycles. The summed E-state index contributed by atoms with van der Waals surface area (Å²) in [5, 5.41) is 15.8. The molecule has 0 unspecified atom stereocenters. The number of piperazine rings is 1. The molecule has 2 saturated heterocycles. The number of nitrogens with one attached hydrogen (secondary N) is 2. The zero-order valence-electron chi connectivity index (χ0n) is 16.9. The van der Waals surface area contributed by atoms with Gasteiger partial charge in [0.2, 0.25) is 0 Å². The van der Waals surface area contributed by atoms with E-state index >= 15 is 0 Å². The Hall–Kier alpha value is -1.91. The fourth-order valence-electron chi connectivity index (χ4n) is 4.85. The Bertz CT molecular complexity index is 776. The van der Waals surface area contributed by atoms with Crippen LogP contribution in [0.4, 0.5) is 11.4 Å². The van der Waals surface area contributed by atoms with E-state index < -0.39 is 0 Å². The van der Waals surface area contributed by atoms with Gasteiger partial charge in [-0.15, -0.1) is 0 Å². The predicted molar refractivity (Wildman–Crippen MR) is 108 cm³/mol. The molecule has 2 N–H and O–H groups in total. The van der Waals surface area contributed by atoms with Gasteiger partial charge >= 0.3 is 0 Å². The fraction of sp³-hybridized carbons (Fsp3) is 0.750. The summed E-state index contributed by atoms with van der Waals surface area (Å²) >= 11 is 0. The number of anilines is 2. The third-order valence-corrected chi connectivity index (χ3v) is 5.65. The van der Waals surface area contributed by atoms with Crippen molar-refractivity contribution < 1.29 is 0 Å². The molecule has 0 amide bonds. The average Bonchev–Trinajstić information content (AvgIpc) is 2.57. The smallest absolute Gasteiger partial charge is 0.253 e. The highest BCUT2D eigenvalue weighted by atomic mass is 16.2. The summed E-state index contributed by atoms with van der Waals surface area (Å²) in [4.78, 5) is 28.8. The summed E-state index contributed by atoms with van der Waals surface area (Å²) in [6.07, 6.45) is 2.32. The molecule has 27 heavy (non-hydrogen) atoms. The summed E-state index contributed by atoms with van der Waals surface area (Å²) in [5.74, 6) is 0. The van der Waals surface area contributed by atoms with Gasteiger partial charge in [-0.05, 0) is 40.5 Å². The minimum absolute atomic E-state index is 0.0245. The molecule has 0 aliphatic carbocycles. The third-order valence-electron chi connectivity index (χ3n) is 5.65. The molecule has 148 valence electrons. The van der Waals surface area contributed by atoms with Gasteiger partial charge in [0.25, 0.3) is 10.9 Å². The molecule has 2 fully saturated rings. The Balaban J connectivity index is 1.69. The average molecular weight is 374 g/mol. The maximum Gasteiger partial charge on any atom is 0.253 e. The van der Waals surface area contributed by atoms with Crippen molar-refractivity contribution in [2.24, 2.45) is 0 Å². The van der Waals surface area contributed by atoms with E-state index in [-0.39, 0.29) is 28.0 Å². The van der Waals surface area contributed by atoms with E-state index in [1.807, 2.05) is 4.90 Å². The second kappa shape index (κ2) is 7.25. The monoisotopic (exact) mass is 373 g/mol. The molecule has 0 radical (unpaired) electrons. The highest BCUT2D eigenvalue weighted by Gasteiger charge is 2.39. The van der Waals surface area contributed by atoms with Crippen LogP contribution in [-0.2, 0) is 0 Å². The fourth-order valence-corrected chi connectivity index (χ4v) is 4.85. The molecule has 0 saturated carbocycles. The van der Waals surface area contributed by atoms with Crippen molar-refractivity contribution in [3.63, 3.8) is 0 Å². The van der Waals surface area contributed by atoms with E-state index in [4.69, 9.17) is 5.26 Å². The molecular formula is C20H31N5O2. The van der Waals surface area contributed by atoms with Gasteiger partial charge in [0.1, 0.15) is 11.4 Å². The number of hydrogen-bond donors (Lipinski definition) is 2. The lowest BCUT2D eigenvalue weighted by molar-refractivity contribution is 0.170. The van der Waals surface area contributed by atoms with Crippen LogP contribution in [-0.4, -0.2) is 54.7 Å². The molecule has 0 atom stereocenters. The Labute approximate surface area is 161 Å². The number of rotatable bonds is 5. The van der Waals surface area contributed by atoms with Crippen LogP contribution in [0.3, 0.4) is 0 Å². The highest BCUT2D eigenvalue weighted by Crippen LogP contribution is 2.32. The molecule has 0 aromatic heterocycles. The summed E-state index contributed by atoms with van der Waals surface area (Å²) < 4.78 is 0. The molecule has 0 spiro atoms. The number of nitriles is 1. The summed E-state index contributed by atoms with van der Waals surface area (Å²) in [5.41, 5.74) is 0.270.